The molecule has 1 rings (SSSR count). The highest BCUT2D eigenvalue weighted by Crippen LogP contribution is 2.23. The third-order valence-electron chi connectivity index (χ3n) is 2.45. The van der Waals surface area contributed by atoms with E-state index in [0.29, 0.717) is 0 Å². The summed E-state index contributed by atoms with van der Waals surface area (Å²) in [5.41, 5.74) is -0.751. The van der Waals surface area contributed by atoms with Crippen LogP contribution in [0.2, 0.25) is 5.02 Å². The number of carbonyl (C=O) groups is 2. The first-order chi connectivity index (χ1) is 9.86. The largest absolute Gasteiger partial charge is 0.449 e. The monoisotopic (exact) mass is 312 g/mol. The lowest BCUT2D eigenvalue weighted by atomic mass is 10.2. The molecule has 0 aliphatic rings. The summed E-state index contributed by atoms with van der Waals surface area (Å²) in [5.74, 6) is -1.53. The van der Waals surface area contributed by atoms with E-state index in [1.54, 1.807) is 0 Å². The Kier molecular flexibility index (Phi) is 5.86. The van der Waals surface area contributed by atoms with Gasteiger partial charge in [0.1, 0.15) is 5.56 Å². The zero-order valence-electron chi connectivity index (χ0n) is 11.2. The van der Waals surface area contributed by atoms with E-state index >= 15 is 0 Å². The van der Waals surface area contributed by atoms with Gasteiger partial charge < -0.3 is 10.1 Å². The van der Waals surface area contributed by atoms with Crippen LogP contribution in [-0.4, -0.2) is 29.4 Å². The fourth-order valence-electron chi connectivity index (χ4n) is 1.43. The molecule has 0 bridgehead atoms. The molecule has 1 N–H and O–H groups in total. The molecule has 0 aromatic heterocycles. The molecule has 0 radical (unpaired) electrons. The number of nitrogens with zero attached hydrogens (tertiary/aromatic N) is 1. The molecule has 0 fully saturated rings. The van der Waals surface area contributed by atoms with Crippen LogP contribution in [0, 0.1) is 10.1 Å². The number of nitro benzene ring substituents is 1. The van der Waals surface area contributed by atoms with E-state index in [1.165, 1.54) is 19.1 Å². The molecule has 8 heteroatoms. The Hall–Kier alpha value is -2.41. The van der Waals surface area contributed by atoms with Gasteiger partial charge >= 0.3 is 5.97 Å². The predicted octanol–water partition coefficient (Wildman–Crippen LogP) is 2.10. The van der Waals surface area contributed by atoms with Crippen molar-refractivity contribution in [3.05, 3.63) is 51.6 Å². The lowest BCUT2D eigenvalue weighted by Crippen LogP contribution is -2.35. The third-order valence-corrected chi connectivity index (χ3v) is 2.68. The number of esters is 1. The first-order valence-electron chi connectivity index (χ1n) is 5.90. The number of hydrogen-bond acceptors (Lipinski definition) is 5. The molecule has 0 spiro atoms. The van der Waals surface area contributed by atoms with E-state index in [-0.39, 0.29) is 17.1 Å². The van der Waals surface area contributed by atoms with Crippen LogP contribution in [-0.2, 0) is 9.53 Å². The van der Waals surface area contributed by atoms with Crippen molar-refractivity contribution >= 4 is 29.2 Å². The van der Waals surface area contributed by atoms with E-state index in [2.05, 4.69) is 11.9 Å². The highest BCUT2D eigenvalue weighted by molar-refractivity contribution is 6.31. The maximum Gasteiger partial charge on any atom is 0.345 e. The van der Waals surface area contributed by atoms with Crippen LogP contribution in [0.3, 0.4) is 0 Å². The summed E-state index contributed by atoms with van der Waals surface area (Å²) in [4.78, 5) is 33.6. The molecule has 112 valence electrons. The quantitative estimate of drug-likeness (QED) is 0.375. The molecule has 1 atom stereocenters. The zero-order chi connectivity index (χ0) is 16.0. The molecule has 0 saturated heterocycles. The molecule has 1 unspecified atom stereocenters. The van der Waals surface area contributed by atoms with E-state index in [4.69, 9.17) is 16.3 Å². The van der Waals surface area contributed by atoms with E-state index in [0.717, 1.165) is 12.1 Å². The van der Waals surface area contributed by atoms with Crippen LogP contribution in [0.1, 0.15) is 17.3 Å². The second-order valence-corrected chi connectivity index (χ2v) is 4.44. The number of nitrogens with one attached hydrogen (secondary N) is 1. The number of ether oxygens (including phenoxy) is 1. The molecule has 1 aromatic carbocycles. The van der Waals surface area contributed by atoms with Gasteiger partial charge in [-0.15, -0.1) is 6.58 Å². The maximum absolute atomic E-state index is 11.9. The van der Waals surface area contributed by atoms with Crippen LogP contribution in [0.15, 0.2) is 30.9 Å². The number of carbonyl (C=O) groups excluding carboxylic acids is 2. The number of benzene rings is 1. The normalized spacial score (nSPS) is 11.3. The standard InChI is InChI=1S/C13H13ClN2O5/c1-3-6-15-12(17)8(2)21-13(18)10-7-9(14)4-5-11(10)16(19)20/h3-5,7-8H,1,6H2,2H3,(H,15,17). The van der Waals surface area contributed by atoms with E-state index in [9.17, 15) is 19.7 Å². The van der Waals surface area contributed by atoms with Gasteiger partial charge in [-0.05, 0) is 19.1 Å². The zero-order valence-corrected chi connectivity index (χ0v) is 11.9. The SMILES string of the molecule is C=CCNC(=O)C(C)OC(=O)c1cc(Cl)ccc1[N+](=O)[O-]. The Morgan fingerprint density at radius 3 is 2.81 bits per heavy atom. The van der Waals surface area contributed by atoms with Crippen molar-refractivity contribution in [2.24, 2.45) is 0 Å². The van der Waals surface area contributed by atoms with Crippen molar-refractivity contribution in [1.82, 2.24) is 5.32 Å². The first-order valence-corrected chi connectivity index (χ1v) is 6.28. The number of hydrogen-bond donors (Lipinski definition) is 1. The minimum Gasteiger partial charge on any atom is -0.449 e. The Morgan fingerprint density at radius 1 is 1.57 bits per heavy atom. The molecule has 1 aromatic rings. The van der Waals surface area contributed by atoms with Crippen molar-refractivity contribution in [2.75, 3.05) is 6.54 Å². The smallest absolute Gasteiger partial charge is 0.345 e. The van der Waals surface area contributed by atoms with Crippen LogP contribution in [0.25, 0.3) is 0 Å². The molecule has 0 heterocycles. The summed E-state index contributed by atoms with van der Waals surface area (Å²) in [6.07, 6.45) is 0.366. The van der Waals surface area contributed by atoms with Crippen LogP contribution in [0.5, 0.6) is 0 Å². The number of halogens is 1. The van der Waals surface area contributed by atoms with E-state index in [1.807, 2.05) is 0 Å². The number of amides is 1. The summed E-state index contributed by atoms with van der Waals surface area (Å²) in [5, 5.41) is 13.5. The third kappa shape index (κ3) is 4.57. The average molecular weight is 313 g/mol. The number of nitro groups is 1. The molecule has 1 amide bonds. The van der Waals surface area contributed by atoms with Crippen molar-refractivity contribution in [3.8, 4) is 0 Å². The fraction of sp³-hybridized carbons (Fsp3) is 0.231. The fourth-order valence-corrected chi connectivity index (χ4v) is 1.60. The predicted molar refractivity (Wildman–Crippen MR) is 76.2 cm³/mol. The Morgan fingerprint density at radius 2 is 2.24 bits per heavy atom. The summed E-state index contributed by atoms with van der Waals surface area (Å²) in [6, 6.07) is 3.51. The lowest BCUT2D eigenvalue weighted by Gasteiger charge is -2.12. The molecule has 21 heavy (non-hydrogen) atoms. The van der Waals surface area contributed by atoms with Gasteiger partial charge in [0.05, 0.1) is 4.92 Å². The summed E-state index contributed by atoms with van der Waals surface area (Å²) >= 11 is 5.71. The van der Waals surface area contributed by atoms with Gasteiger partial charge in [0.2, 0.25) is 0 Å². The Bertz CT molecular complexity index is 588. The van der Waals surface area contributed by atoms with Crippen LogP contribution in [0.4, 0.5) is 5.69 Å². The molecule has 0 aliphatic carbocycles. The van der Waals surface area contributed by atoms with Crippen LogP contribution >= 0.6 is 11.6 Å². The molecule has 7 nitrogen and oxygen atoms in total. The molecular weight excluding hydrogens is 300 g/mol. The van der Waals surface area contributed by atoms with E-state index < -0.39 is 28.6 Å². The summed E-state index contributed by atoms with van der Waals surface area (Å²) in [6.45, 7) is 5.00. The van der Waals surface area contributed by atoms with Gasteiger partial charge in [-0.2, -0.15) is 0 Å². The minimum atomic E-state index is -1.10. The lowest BCUT2D eigenvalue weighted by molar-refractivity contribution is -0.385. The maximum atomic E-state index is 11.9. The van der Waals surface area contributed by atoms with Crippen molar-refractivity contribution in [3.63, 3.8) is 0 Å². The van der Waals surface area contributed by atoms with Gasteiger partial charge in [-0.25, -0.2) is 4.79 Å². The van der Waals surface area contributed by atoms with Crippen molar-refractivity contribution in [2.45, 2.75) is 13.0 Å². The number of rotatable bonds is 6. The summed E-state index contributed by atoms with van der Waals surface area (Å²) < 4.78 is 4.89. The topological polar surface area (TPSA) is 98.5 Å². The highest BCUT2D eigenvalue weighted by Gasteiger charge is 2.25. The average Bonchev–Trinajstić information content (AvgIpc) is 2.43. The van der Waals surface area contributed by atoms with Gasteiger partial charge in [-0.1, -0.05) is 17.7 Å². The second kappa shape index (κ2) is 7.39. The molecular formula is C13H13ClN2O5. The Balaban J connectivity index is 2.89. The first kappa shape index (κ1) is 16.6. The second-order valence-electron chi connectivity index (χ2n) is 4.00. The van der Waals surface area contributed by atoms with Crippen molar-refractivity contribution < 1.29 is 19.2 Å². The van der Waals surface area contributed by atoms with Gasteiger partial charge in [0.25, 0.3) is 11.6 Å². The highest BCUT2D eigenvalue weighted by atomic mass is 35.5. The minimum absolute atomic E-state index is 0.149. The van der Waals surface area contributed by atoms with Gasteiger partial charge in [-0.3, -0.25) is 14.9 Å². The van der Waals surface area contributed by atoms with Gasteiger partial charge in [0, 0.05) is 17.6 Å². The van der Waals surface area contributed by atoms with Gasteiger partial charge in [0.15, 0.2) is 6.10 Å². The van der Waals surface area contributed by atoms with Crippen molar-refractivity contribution in [1.29, 1.82) is 0 Å². The Labute approximate surface area is 125 Å². The molecule has 0 aliphatic heterocycles. The van der Waals surface area contributed by atoms with Crippen LogP contribution < -0.4 is 5.32 Å². The molecule has 0 saturated carbocycles. The summed E-state index contributed by atoms with van der Waals surface area (Å²) in [7, 11) is 0.